The summed E-state index contributed by atoms with van der Waals surface area (Å²) < 4.78 is 11.9. The van der Waals surface area contributed by atoms with E-state index in [4.69, 9.17) is 4.74 Å². The molecule has 1 atom stereocenters. The number of hydrogen-bond donors (Lipinski definition) is 0. The molecule has 0 amide bonds. The van der Waals surface area contributed by atoms with Crippen LogP contribution in [0.1, 0.15) is 79.6 Å². The van der Waals surface area contributed by atoms with Crippen LogP contribution in [0.4, 0.5) is 0 Å². The van der Waals surface area contributed by atoms with Crippen LogP contribution in [0, 0.1) is 0 Å². The molecule has 0 bridgehead atoms. The second kappa shape index (κ2) is 13.9. The van der Waals surface area contributed by atoms with Gasteiger partial charge in [-0.3, -0.25) is 0 Å². The third-order valence-corrected chi connectivity index (χ3v) is 20.5. The topological polar surface area (TPSA) is 9.23 Å². The molecule has 0 aromatic carbocycles. The zero-order valence-electron chi connectivity index (χ0n) is 16.3. The molecule has 1 nitrogen and oxygen atoms in total. The molecule has 0 fully saturated rings. The molecule has 0 radical (unpaired) electrons. The van der Waals surface area contributed by atoms with Crippen LogP contribution in [-0.2, 0) is 4.74 Å². The van der Waals surface area contributed by atoms with Crippen molar-refractivity contribution >= 4 is 18.4 Å². The molecule has 0 heterocycles. The van der Waals surface area contributed by atoms with Crippen LogP contribution in [0.2, 0.25) is 17.7 Å². The average Bonchev–Trinajstić information content (AvgIpc) is 2.54. The van der Waals surface area contributed by atoms with Gasteiger partial charge in [0.2, 0.25) is 0 Å². The zero-order valence-corrected chi connectivity index (χ0v) is 19.2. The Morgan fingerprint density at radius 2 is 1.36 bits per heavy atom. The number of methoxy groups -OCH3 is 1. The Hall–Kier alpha value is 0.499. The van der Waals surface area contributed by atoms with Gasteiger partial charge in [-0.1, -0.05) is 0 Å². The first-order valence-electron chi connectivity index (χ1n) is 9.80. The minimum absolute atomic E-state index is 0.320. The van der Waals surface area contributed by atoms with Crippen LogP contribution < -0.4 is 0 Å². The molecule has 0 saturated carbocycles. The molecule has 1 unspecified atom stereocenters. The van der Waals surface area contributed by atoms with Gasteiger partial charge in [0.15, 0.2) is 0 Å². The van der Waals surface area contributed by atoms with Gasteiger partial charge in [0.25, 0.3) is 0 Å². The van der Waals surface area contributed by atoms with Crippen molar-refractivity contribution in [2.75, 3.05) is 7.11 Å². The van der Waals surface area contributed by atoms with Gasteiger partial charge in [-0.2, -0.15) is 0 Å². The molecule has 0 rings (SSSR count). The van der Waals surface area contributed by atoms with E-state index in [-0.39, 0.29) is 0 Å². The van der Waals surface area contributed by atoms with E-state index in [0.717, 1.165) is 6.42 Å². The van der Waals surface area contributed by atoms with Gasteiger partial charge in [0, 0.05) is 0 Å². The first kappa shape index (κ1) is 22.5. The Morgan fingerprint density at radius 3 is 1.68 bits per heavy atom. The number of ether oxygens (including phenoxy) is 1. The molecule has 0 N–H and O–H groups in total. The SMILES string of the molecule is CC/C=C(\[CH2][Sn]([CH2]CCC)([CH2]CCC)[CH2]CCC)C(C)OC. The van der Waals surface area contributed by atoms with Crippen molar-refractivity contribution in [3.63, 3.8) is 0 Å². The molecule has 0 aliphatic heterocycles. The molecule has 0 saturated heterocycles. The average molecular weight is 417 g/mol. The summed E-state index contributed by atoms with van der Waals surface area (Å²) in [7, 11) is 1.87. The first-order chi connectivity index (χ1) is 10.6. The van der Waals surface area contributed by atoms with E-state index in [0.29, 0.717) is 6.10 Å². The van der Waals surface area contributed by atoms with Crippen molar-refractivity contribution in [2.45, 2.75) is 103 Å². The summed E-state index contributed by atoms with van der Waals surface area (Å²) in [6.45, 7) is 11.6. The fourth-order valence-corrected chi connectivity index (χ4v) is 20.3. The molecule has 2 heteroatoms. The predicted molar refractivity (Wildman–Crippen MR) is 105 cm³/mol. The number of hydrogen-bond acceptors (Lipinski definition) is 1. The molecular weight excluding hydrogens is 375 g/mol. The van der Waals surface area contributed by atoms with Crippen LogP contribution in [-0.4, -0.2) is 31.6 Å². The van der Waals surface area contributed by atoms with E-state index < -0.39 is 18.4 Å². The molecule has 0 aliphatic rings. The van der Waals surface area contributed by atoms with Gasteiger partial charge in [-0.15, -0.1) is 0 Å². The quantitative estimate of drug-likeness (QED) is 0.214. The molecule has 22 heavy (non-hydrogen) atoms. The van der Waals surface area contributed by atoms with Crippen LogP contribution >= 0.6 is 0 Å². The number of unbranched alkanes of at least 4 members (excludes halogenated alkanes) is 3. The van der Waals surface area contributed by atoms with E-state index in [1.807, 2.05) is 7.11 Å². The van der Waals surface area contributed by atoms with Crippen molar-refractivity contribution < 1.29 is 4.74 Å². The first-order valence-corrected chi connectivity index (χ1v) is 17.9. The summed E-state index contributed by atoms with van der Waals surface area (Å²) in [5, 5.41) is 0. The molecule has 132 valence electrons. The second-order valence-electron chi connectivity index (χ2n) is 7.05. The van der Waals surface area contributed by atoms with Crippen molar-refractivity contribution in [3.05, 3.63) is 11.6 Å². The van der Waals surface area contributed by atoms with E-state index in [9.17, 15) is 0 Å². The Morgan fingerprint density at radius 1 is 0.909 bits per heavy atom. The summed E-state index contributed by atoms with van der Waals surface area (Å²) in [5.41, 5.74) is 1.63. The van der Waals surface area contributed by atoms with E-state index in [2.05, 4.69) is 40.7 Å². The molecule has 0 aromatic rings. The Kier molecular flexibility index (Phi) is 14.2. The van der Waals surface area contributed by atoms with E-state index >= 15 is 0 Å². The van der Waals surface area contributed by atoms with Crippen molar-refractivity contribution in [1.29, 1.82) is 0 Å². The molecule has 0 aromatic heterocycles. The Labute approximate surface area is 145 Å². The van der Waals surface area contributed by atoms with Gasteiger partial charge in [-0.25, -0.2) is 0 Å². The van der Waals surface area contributed by atoms with Crippen LogP contribution in [0.25, 0.3) is 0 Å². The number of rotatable bonds is 14. The van der Waals surface area contributed by atoms with Crippen LogP contribution in [0.5, 0.6) is 0 Å². The minimum atomic E-state index is -2.05. The molecule has 0 spiro atoms. The summed E-state index contributed by atoms with van der Waals surface area (Å²) >= 11 is -2.05. The zero-order chi connectivity index (χ0) is 16.8. The van der Waals surface area contributed by atoms with Gasteiger partial charge in [0.05, 0.1) is 0 Å². The molecular formula is C20H42OSn. The van der Waals surface area contributed by atoms with Gasteiger partial charge >= 0.3 is 145 Å². The second-order valence-corrected chi connectivity index (χ2v) is 20.9. The van der Waals surface area contributed by atoms with Crippen molar-refractivity contribution in [2.24, 2.45) is 0 Å². The van der Waals surface area contributed by atoms with Gasteiger partial charge in [-0.05, 0) is 0 Å². The van der Waals surface area contributed by atoms with E-state index in [1.165, 1.54) is 43.0 Å². The monoisotopic (exact) mass is 418 g/mol. The fraction of sp³-hybridized carbons (Fsp3) is 0.900. The van der Waals surface area contributed by atoms with Gasteiger partial charge in [0.1, 0.15) is 0 Å². The summed E-state index contributed by atoms with van der Waals surface area (Å²) in [5.74, 6) is 0. The van der Waals surface area contributed by atoms with E-state index in [1.54, 1.807) is 18.9 Å². The van der Waals surface area contributed by atoms with Crippen LogP contribution in [0.3, 0.4) is 0 Å². The third kappa shape index (κ3) is 8.96. The van der Waals surface area contributed by atoms with Crippen LogP contribution in [0.15, 0.2) is 11.6 Å². The summed E-state index contributed by atoms with van der Waals surface area (Å²) in [6.07, 6.45) is 12.4. The predicted octanol–water partition coefficient (Wildman–Crippen LogP) is 7.21. The third-order valence-electron chi connectivity index (χ3n) is 5.10. The van der Waals surface area contributed by atoms with Crippen molar-refractivity contribution in [1.82, 2.24) is 0 Å². The normalized spacial score (nSPS) is 14.4. The van der Waals surface area contributed by atoms with Gasteiger partial charge < -0.3 is 0 Å². The Bertz CT molecular complexity index is 264. The number of allylic oxidation sites excluding steroid dienone is 1. The maximum atomic E-state index is 5.69. The fourth-order valence-electron chi connectivity index (χ4n) is 3.52. The summed E-state index contributed by atoms with van der Waals surface area (Å²) in [4.78, 5) is 0. The standard InChI is InChI=1S/C8H15O.3C4H9.Sn/c1-5-6-7(2)8(3)9-4;3*1-3-4-2;/h6,8H,2,5H2,1,3-4H3;3*1,3-4H2,2H3;/b7-6+;;;;. The molecule has 0 aliphatic carbocycles. The summed E-state index contributed by atoms with van der Waals surface area (Å²) in [6, 6.07) is 0. The maximum absolute atomic E-state index is 5.69. The Balaban J connectivity index is 5.22. The van der Waals surface area contributed by atoms with Crippen molar-refractivity contribution in [3.8, 4) is 0 Å².